The zero-order valence-electron chi connectivity index (χ0n) is 12.9. The molecule has 0 unspecified atom stereocenters. The Morgan fingerprint density at radius 1 is 1.23 bits per heavy atom. The van der Waals surface area contributed by atoms with Crippen molar-refractivity contribution in [2.24, 2.45) is 0 Å². The molecule has 1 aromatic heterocycles. The quantitative estimate of drug-likeness (QED) is 0.889. The molecule has 1 saturated carbocycles. The van der Waals surface area contributed by atoms with Crippen molar-refractivity contribution in [3.8, 4) is 0 Å². The van der Waals surface area contributed by atoms with Crippen LogP contribution in [0.25, 0.3) is 0 Å². The normalized spacial score (nSPS) is 13.7. The van der Waals surface area contributed by atoms with Gasteiger partial charge in [-0.25, -0.2) is 0 Å². The fourth-order valence-corrected chi connectivity index (χ4v) is 2.35. The van der Waals surface area contributed by atoms with Gasteiger partial charge >= 0.3 is 0 Å². The molecule has 0 spiro atoms. The molecule has 1 amide bonds. The summed E-state index contributed by atoms with van der Waals surface area (Å²) in [5.41, 5.74) is 3.37. The first kappa shape index (κ1) is 14.5. The van der Waals surface area contributed by atoms with Gasteiger partial charge in [-0.15, -0.1) is 10.2 Å². The topological polar surface area (TPSA) is 66.9 Å². The van der Waals surface area contributed by atoms with Crippen molar-refractivity contribution in [3.63, 3.8) is 0 Å². The monoisotopic (exact) mass is 296 g/mol. The van der Waals surface area contributed by atoms with E-state index < -0.39 is 0 Å². The van der Waals surface area contributed by atoms with Gasteiger partial charge in [-0.1, -0.05) is 25.1 Å². The third-order valence-corrected chi connectivity index (χ3v) is 3.81. The summed E-state index contributed by atoms with van der Waals surface area (Å²) in [7, 11) is 0. The molecule has 5 heteroatoms. The van der Waals surface area contributed by atoms with Crippen LogP contribution in [0.2, 0.25) is 0 Å². The second-order valence-electron chi connectivity index (χ2n) is 5.64. The van der Waals surface area contributed by atoms with Crippen molar-refractivity contribution < 1.29 is 4.79 Å². The van der Waals surface area contributed by atoms with Gasteiger partial charge in [0.2, 0.25) is 0 Å². The Kier molecular flexibility index (Phi) is 4.04. The zero-order valence-corrected chi connectivity index (χ0v) is 12.9. The van der Waals surface area contributed by atoms with Crippen molar-refractivity contribution >= 4 is 17.4 Å². The average molecular weight is 296 g/mol. The fraction of sp³-hybridized carbons (Fsp3) is 0.353. The number of carbonyl (C=O) groups excluding carboxylic acids is 1. The number of nitrogens with zero attached hydrogens (tertiary/aromatic N) is 2. The van der Waals surface area contributed by atoms with Crippen molar-refractivity contribution in [2.75, 3.05) is 10.6 Å². The van der Waals surface area contributed by atoms with E-state index in [1.165, 1.54) is 12.8 Å². The molecule has 1 aliphatic carbocycles. The number of carbonyl (C=O) groups is 1. The van der Waals surface area contributed by atoms with E-state index in [-0.39, 0.29) is 5.91 Å². The van der Waals surface area contributed by atoms with Crippen molar-refractivity contribution in [2.45, 2.75) is 39.2 Å². The Hall–Kier alpha value is -2.43. The Labute approximate surface area is 130 Å². The number of rotatable bonds is 5. The Morgan fingerprint density at radius 2 is 2.05 bits per heavy atom. The molecule has 0 radical (unpaired) electrons. The molecule has 114 valence electrons. The smallest absolute Gasteiger partial charge is 0.276 e. The molecule has 1 aliphatic rings. The van der Waals surface area contributed by atoms with Crippen LogP contribution in [0.15, 0.2) is 30.3 Å². The number of nitrogens with one attached hydrogen (secondary N) is 2. The van der Waals surface area contributed by atoms with Crippen molar-refractivity contribution in [1.29, 1.82) is 0 Å². The van der Waals surface area contributed by atoms with Gasteiger partial charge in [-0.05, 0) is 49.4 Å². The van der Waals surface area contributed by atoms with Gasteiger partial charge in [0.25, 0.3) is 5.91 Å². The van der Waals surface area contributed by atoms with Gasteiger partial charge in [0, 0.05) is 11.7 Å². The number of aryl methyl sites for hydroxylation is 2. The maximum absolute atomic E-state index is 12.3. The van der Waals surface area contributed by atoms with Gasteiger partial charge < -0.3 is 10.6 Å². The van der Waals surface area contributed by atoms with Gasteiger partial charge in [-0.3, -0.25) is 4.79 Å². The Balaban J connectivity index is 1.73. The maximum Gasteiger partial charge on any atom is 0.276 e. The molecule has 0 bridgehead atoms. The molecule has 2 N–H and O–H groups in total. The number of hydrogen-bond acceptors (Lipinski definition) is 4. The minimum absolute atomic E-state index is 0.227. The minimum Gasteiger partial charge on any atom is -0.366 e. The van der Waals surface area contributed by atoms with Crippen LogP contribution in [-0.4, -0.2) is 22.1 Å². The van der Waals surface area contributed by atoms with Crippen LogP contribution in [0.5, 0.6) is 0 Å². The van der Waals surface area contributed by atoms with E-state index in [0.29, 0.717) is 11.7 Å². The Bertz CT molecular complexity index is 678. The summed E-state index contributed by atoms with van der Waals surface area (Å²) < 4.78 is 0. The predicted octanol–water partition coefficient (Wildman–Crippen LogP) is 3.17. The summed E-state index contributed by atoms with van der Waals surface area (Å²) in [5.74, 6) is 0.499. The number of benzene rings is 1. The highest BCUT2D eigenvalue weighted by molar-refractivity contribution is 6.03. The molecule has 0 saturated heterocycles. The summed E-state index contributed by atoms with van der Waals surface area (Å²) in [6.07, 6.45) is 3.22. The molecular weight excluding hydrogens is 276 g/mol. The molecule has 22 heavy (non-hydrogen) atoms. The third-order valence-electron chi connectivity index (χ3n) is 3.81. The molecule has 5 nitrogen and oxygen atoms in total. The number of para-hydroxylation sites is 1. The summed E-state index contributed by atoms with van der Waals surface area (Å²) in [5, 5.41) is 14.3. The lowest BCUT2D eigenvalue weighted by molar-refractivity contribution is 0.102. The summed E-state index contributed by atoms with van der Waals surface area (Å²) in [6, 6.07) is 10.0. The highest BCUT2D eigenvalue weighted by Crippen LogP contribution is 2.24. The largest absolute Gasteiger partial charge is 0.366 e. The van der Waals surface area contributed by atoms with Gasteiger partial charge in [0.1, 0.15) is 5.82 Å². The van der Waals surface area contributed by atoms with E-state index in [1.807, 2.05) is 25.1 Å². The molecule has 3 rings (SSSR count). The molecule has 0 atom stereocenters. The minimum atomic E-state index is -0.227. The summed E-state index contributed by atoms with van der Waals surface area (Å²) in [4.78, 5) is 12.3. The van der Waals surface area contributed by atoms with Crippen LogP contribution in [0, 0.1) is 6.92 Å². The fourth-order valence-electron chi connectivity index (χ4n) is 2.35. The lowest BCUT2D eigenvalue weighted by Gasteiger charge is -2.12. The molecule has 1 heterocycles. The van der Waals surface area contributed by atoms with Gasteiger partial charge in [0.15, 0.2) is 5.69 Å². The van der Waals surface area contributed by atoms with E-state index in [1.54, 1.807) is 12.1 Å². The van der Waals surface area contributed by atoms with E-state index in [2.05, 4.69) is 27.8 Å². The lowest BCUT2D eigenvalue weighted by Crippen LogP contribution is -2.17. The number of amides is 1. The molecule has 1 fully saturated rings. The van der Waals surface area contributed by atoms with Crippen LogP contribution < -0.4 is 10.6 Å². The zero-order chi connectivity index (χ0) is 15.5. The number of anilines is 2. The van der Waals surface area contributed by atoms with Gasteiger partial charge in [0.05, 0.1) is 0 Å². The predicted molar refractivity (Wildman–Crippen MR) is 87.2 cm³/mol. The Morgan fingerprint density at radius 3 is 2.68 bits per heavy atom. The SMILES string of the molecule is CCc1cccc(C)c1NC(=O)c1ccc(NC2CC2)nn1. The first-order valence-electron chi connectivity index (χ1n) is 7.67. The third kappa shape index (κ3) is 3.24. The summed E-state index contributed by atoms with van der Waals surface area (Å²) in [6.45, 7) is 4.06. The molecular formula is C17H20N4O. The van der Waals surface area contributed by atoms with Crippen LogP contribution >= 0.6 is 0 Å². The maximum atomic E-state index is 12.3. The second-order valence-corrected chi connectivity index (χ2v) is 5.64. The van der Waals surface area contributed by atoms with E-state index >= 15 is 0 Å². The van der Waals surface area contributed by atoms with Crippen molar-refractivity contribution in [3.05, 3.63) is 47.2 Å². The van der Waals surface area contributed by atoms with Crippen LogP contribution in [0.1, 0.15) is 41.4 Å². The number of hydrogen-bond donors (Lipinski definition) is 2. The molecule has 2 aromatic rings. The lowest BCUT2D eigenvalue weighted by atomic mass is 10.1. The van der Waals surface area contributed by atoms with Gasteiger partial charge in [-0.2, -0.15) is 0 Å². The molecule has 1 aromatic carbocycles. The van der Waals surface area contributed by atoms with E-state index in [9.17, 15) is 4.79 Å². The van der Waals surface area contributed by atoms with Crippen LogP contribution in [-0.2, 0) is 6.42 Å². The average Bonchev–Trinajstić information content (AvgIpc) is 3.34. The highest BCUT2D eigenvalue weighted by atomic mass is 16.1. The first-order chi connectivity index (χ1) is 10.7. The van der Waals surface area contributed by atoms with E-state index in [4.69, 9.17) is 0 Å². The van der Waals surface area contributed by atoms with E-state index in [0.717, 1.165) is 29.1 Å². The van der Waals surface area contributed by atoms with Crippen LogP contribution in [0.3, 0.4) is 0 Å². The van der Waals surface area contributed by atoms with Crippen LogP contribution in [0.4, 0.5) is 11.5 Å². The highest BCUT2D eigenvalue weighted by Gasteiger charge is 2.21. The summed E-state index contributed by atoms with van der Waals surface area (Å²) >= 11 is 0. The second kappa shape index (κ2) is 6.13. The number of aromatic nitrogens is 2. The molecule has 0 aliphatic heterocycles. The first-order valence-corrected chi connectivity index (χ1v) is 7.67. The van der Waals surface area contributed by atoms with Crippen molar-refractivity contribution in [1.82, 2.24) is 10.2 Å². The standard InChI is InChI=1S/C17H20N4O/c1-3-12-6-4-5-11(2)16(12)19-17(22)14-9-10-15(21-20-14)18-13-7-8-13/h4-6,9-10,13H,3,7-8H2,1-2H3,(H,18,21)(H,19,22).